The molecule has 1 N–H and O–H groups in total. The minimum absolute atomic E-state index is 0.128. The van der Waals surface area contributed by atoms with E-state index in [0.29, 0.717) is 18.1 Å². The molecule has 0 saturated carbocycles. The number of phenolic OH excluding ortho intramolecular Hbond substituents is 1. The van der Waals surface area contributed by atoms with Crippen LogP contribution in [0.1, 0.15) is 13.3 Å². The van der Waals surface area contributed by atoms with Crippen LogP contribution in [0.15, 0.2) is 60.7 Å². The molecule has 3 nitrogen and oxygen atoms in total. The van der Waals surface area contributed by atoms with E-state index in [1.165, 1.54) is 0 Å². The average molecular weight is 294 g/mol. The summed E-state index contributed by atoms with van der Waals surface area (Å²) >= 11 is 0. The molecule has 22 heavy (non-hydrogen) atoms. The van der Waals surface area contributed by atoms with Gasteiger partial charge in [0.05, 0.1) is 6.61 Å². The fraction of sp³-hybridized carbons (Fsp3) is 0.158. The molecule has 3 heteroatoms. The first-order chi connectivity index (χ1) is 10.8. The highest BCUT2D eigenvalue weighted by Gasteiger charge is 2.13. The van der Waals surface area contributed by atoms with Gasteiger partial charge >= 0.3 is 0 Å². The van der Waals surface area contributed by atoms with Crippen molar-refractivity contribution in [2.75, 3.05) is 6.61 Å². The lowest BCUT2D eigenvalue weighted by Crippen LogP contribution is -1.97. The Morgan fingerprint density at radius 3 is 2.27 bits per heavy atom. The molecule has 0 unspecified atom stereocenters. The molecule has 0 aliphatic rings. The summed E-state index contributed by atoms with van der Waals surface area (Å²) in [5.74, 6) is 1.93. The molecule has 112 valence electrons. The predicted molar refractivity (Wildman–Crippen MR) is 87.9 cm³/mol. The van der Waals surface area contributed by atoms with E-state index in [2.05, 4.69) is 6.92 Å². The third-order valence-corrected chi connectivity index (χ3v) is 3.38. The normalized spacial score (nSPS) is 10.6. The van der Waals surface area contributed by atoms with E-state index in [9.17, 15) is 5.11 Å². The number of fused-ring (bicyclic) bond motifs is 1. The van der Waals surface area contributed by atoms with Gasteiger partial charge in [0.15, 0.2) is 11.5 Å². The van der Waals surface area contributed by atoms with E-state index in [1.54, 1.807) is 6.07 Å². The van der Waals surface area contributed by atoms with Crippen molar-refractivity contribution in [3.63, 3.8) is 0 Å². The van der Waals surface area contributed by atoms with Crippen LogP contribution in [-0.2, 0) is 0 Å². The van der Waals surface area contributed by atoms with E-state index in [0.717, 1.165) is 22.9 Å². The monoisotopic (exact) mass is 294 g/mol. The molecule has 0 amide bonds. The molecule has 0 saturated heterocycles. The summed E-state index contributed by atoms with van der Waals surface area (Å²) in [7, 11) is 0. The highest BCUT2D eigenvalue weighted by Crippen LogP contribution is 2.42. The largest absolute Gasteiger partial charge is 0.504 e. The van der Waals surface area contributed by atoms with Gasteiger partial charge in [0.25, 0.3) is 0 Å². The minimum atomic E-state index is 0.128. The van der Waals surface area contributed by atoms with Gasteiger partial charge in [-0.1, -0.05) is 49.4 Å². The van der Waals surface area contributed by atoms with E-state index < -0.39 is 0 Å². The molecule has 0 radical (unpaired) electrons. The zero-order valence-corrected chi connectivity index (χ0v) is 12.5. The van der Waals surface area contributed by atoms with Crippen molar-refractivity contribution >= 4 is 10.8 Å². The molecular weight excluding hydrogens is 276 g/mol. The minimum Gasteiger partial charge on any atom is -0.504 e. The molecule has 0 aliphatic carbocycles. The second-order valence-corrected chi connectivity index (χ2v) is 5.03. The van der Waals surface area contributed by atoms with Crippen LogP contribution in [0.5, 0.6) is 23.0 Å². The number of para-hydroxylation sites is 1. The van der Waals surface area contributed by atoms with Crippen LogP contribution in [0.4, 0.5) is 0 Å². The number of ether oxygens (including phenoxy) is 2. The standard InChI is InChI=1S/C19H18O3/c1-2-12-21-17-13-18(22-14-8-4-3-5-9-14)19(20)16-11-7-6-10-15(16)17/h3-11,13,20H,2,12H2,1H3. The summed E-state index contributed by atoms with van der Waals surface area (Å²) in [6.45, 7) is 2.68. The lowest BCUT2D eigenvalue weighted by molar-refractivity contribution is 0.318. The Hall–Kier alpha value is -2.68. The summed E-state index contributed by atoms with van der Waals surface area (Å²) in [6.07, 6.45) is 0.921. The summed E-state index contributed by atoms with van der Waals surface area (Å²) < 4.78 is 11.6. The van der Waals surface area contributed by atoms with Gasteiger partial charge in [0, 0.05) is 16.8 Å². The Morgan fingerprint density at radius 2 is 1.55 bits per heavy atom. The van der Waals surface area contributed by atoms with Crippen LogP contribution < -0.4 is 9.47 Å². The second-order valence-electron chi connectivity index (χ2n) is 5.03. The first-order valence-corrected chi connectivity index (χ1v) is 7.40. The van der Waals surface area contributed by atoms with Gasteiger partial charge in [-0.15, -0.1) is 0 Å². The first-order valence-electron chi connectivity index (χ1n) is 7.40. The Bertz CT molecular complexity index is 766. The van der Waals surface area contributed by atoms with Crippen molar-refractivity contribution in [3.8, 4) is 23.0 Å². The number of hydrogen-bond donors (Lipinski definition) is 1. The molecule has 0 aliphatic heterocycles. The Morgan fingerprint density at radius 1 is 0.864 bits per heavy atom. The van der Waals surface area contributed by atoms with Gasteiger partial charge in [-0.25, -0.2) is 0 Å². The highest BCUT2D eigenvalue weighted by atomic mass is 16.5. The van der Waals surface area contributed by atoms with Crippen LogP contribution in [0, 0.1) is 0 Å². The van der Waals surface area contributed by atoms with Crippen molar-refractivity contribution < 1.29 is 14.6 Å². The number of benzene rings is 3. The molecule has 3 aromatic carbocycles. The summed E-state index contributed by atoms with van der Waals surface area (Å²) in [6, 6.07) is 18.8. The van der Waals surface area contributed by atoms with Gasteiger partial charge in [-0.3, -0.25) is 0 Å². The zero-order valence-electron chi connectivity index (χ0n) is 12.5. The summed E-state index contributed by atoms with van der Waals surface area (Å²) in [5, 5.41) is 12.1. The van der Waals surface area contributed by atoms with Gasteiger partial charge in [0.1, 0.15) is 11.5 Å². The fourth-order valence-electron chi connectivity index (χ4n) is 2.33. The molecule has 0 spiro atoms. The van der Waals surface area contributed by atoms with Crippen molar-refractivity contribution in [2.45, 2.75) is 13.3 Å². The molecule has 0 atom stereocenters. The van der Waals surface area contributed by atoms with Crippen molar-refractivity contribution in [1.82, 2.24) is 0 Å². The topological polar surface area (TPSA) is 38.7 Å². The second kappa shape index (κ2) is 6.39. The van der Waals surface area contributed by atoms with Gasteiger partial charge in [-0.05, 0) is 18.6 Å². The number of phenols is 1. The smallest absolute Gasteiger partial charge is 0.173 e. The maximum Gasteiger partial charge on any atom is 0.173 e. The van der Waals surface area contributed by atoms with Crippen LogP contribution in [0.25, 0.3) is 10.8 Å². The Labute approximate surface area is 129 Å². The third-order valence-electron chi connectivity index (χ3n) is 3.38. The average Bonchev–Trinajstić information content (AvgIpc) is 2.57. The van der Waals surface area contributed by atoms with E-state index in [1.807, 2.05) is 54.6 Å². The molecular formula is C19H18O3. The molecule has 0 heterocycles. The van der Waals surface area contributed by atoms with E-state index >= 15 is 0 Å². The third kappa shape index (κ3) is 2.84. The number of rotatable bonds is 5. The van der Waals surface area contributed by atoms with Crippen LogP contribution >= 0.6 is 0 Å². The Balaban J connectivity index is 2.07. The lowest BCUT2D eigenvalue weighted by atomic mass is 10.1. The lowest BCUT2D eigenvalue weighted by Gasteiger charge is -2.14. The van der Waals surface area contributed by atoms with Crippen molar-refractivity contribution in [1.29, 1.82) is 0 Å². The van der Waals surface area contributed by atoms with E-state index in [-0.39, 0.29) is 5.75 Å². The van der Waals surface area contributed by atoms with Gasteiger partial charge in [0.2, 0.25) is 0 Å². The predicted octanol–water partition coefficient (Wildman–Crippen LogP) is 5.13. The van der Waals surface area contributed by atoms with E-state index in [4.69, 9.17) is 9.47 Å². The molecule has 0 fully saturated rings. The fourth-order valence-corrected chi connectivity index (χ4v) is 2.33. The summed E-state index contributed by atoms with van der Waals surface area (Å²) in [5.41, 5.74) is 0. The molecule has 3 aromatic rings. The number of hydrogen-bond acceptors (Lipinski definition) is 3. The van der Waals surface area contributed by atoms with Crippen molar-refractivity contribution in [3.05, 3.63) is 60.7 Å². The maximum absolute atomic E-state index is 10.5. The first kappa shape index (κ1) is 14.3. The van der Waals surface area contributed by atoms with Crippen LogP contribution in [-0.4, -0.2) is 11.7 Å². The summed E-state index contributed by atoms with van der Waals surface area (Å²) in [4.78, 5) is 0. The quantitative estimate of drug-likeness (QED) is 0.709. The zero-order chi connectivity index (χ0) is 15.4. The van der Waals surface area contributed by atoms with Crippen LogP contribution in [0.2, 0.25) is 0 Å². The van der Waals surface area contributed by atoms with Crippen molar-refractivity contribution in [2.24, 2.45) is 0 Å². The van der Waals surface area contributed by atoms with Gasteiger partial charge in [-0.2, -0.15) is 0 Å². The molecule has 0 bridgehead atoms. The highest BCUT2D eigenvalue weighted by molar-refractivity contribution is 5.95. The van der Waals surface area contributed by atoms with Crippen LogP contribution in [0.3, 0.4) is 0 Å². The number of aromatic hydroxyl groups is 1. The molecule has 3 rings (SSSR count). The Kier molecular flexibility index (Phi) is 4.15. The SMILES string of the molecule is CCCOc1cc(Oc2ccccc2)c(O)c2ccccc12. The molecule has 0 aromatic heterocycles. The van der Waals surface area contributed by atoms with Gasteiger partial charge < -0.3 is 14.6 Å². The maximum atomic E-state index is 10.5.